The topological polar surface area (TPSA) is 64.5 Å². The number of benzene rings is 1. The zero-order valence-corrected chi connectivity index (χ0v) is 8.78. The molecule has 0 bridgehead atoms. The zero-order chi connectivity index (χ0) is 11.3. The molecular formula is C11H13N2O2-. The fraction of sp³-hybridized carbons (Fsp3) is 0.273. The van der Waals surface area contributed by atoms with Crippen LogP contribution in [-0.4, -0.2) is 11.7 Å². The SMILES string of the molecule is CC/C(C)=N\Nc1cccc(C(=O)[O-])c1. The lowest BCUT2D eigenvalue weighted by atomic mass is 10.2. The van der Waals surface area contributed by atoms with E-state index in [9.17, 15) is 9.90 Å². The summed E-state index contributed by atoms with van der Waals surface area (Å²) in [6.07, 6.45) is 0.854. The number of nitrogens with one attached hydrogen (secondary N) is 1. The maximum atomic E-state index is 10.6. The van der Waals surface area contributed by atoms with Crippen LogP contribution in [0.5, 0.6) is 0 Å². The van der Waals surface area contributed by atoms with Crippen molar-refractivity contribution in [1.29, 1.82) is 0 Å². The van der Waals surface area contributed by atoms with Crippen LogP contribution in [0, 0.1) is 0 Å². The van der Waals surface area contributed by atoms with Crippen LogP contribution in [0.3, 0.4) is 0 Å². The molecule has 0 fully saturated rings. The minimum absolute atomic E-state index is 0.143. The normalized spacial score (nSPS) is 11.2. The highest BCUT2D eigenvalue weighted by molar-refractivity contribution is 5.87. The number of hydrazone groups is 1. The van der Waals surface area contributed by atoms with E-state index in [0.717, 1.165) is 12.1 Å². The lowest BCUT2D eigenvalue weighted by Crippen LogP contribution is -2.22. The van der Waals surface area contributed by atoms with E-state index in [1.54, 1.807) is 12.1 Å². The van der Waals surface area contributed by atoms with Gasteiger partial charge in [0.05, 0.1) is 11.7 Å². The van der Waals surface area contributed by atoms with Gasteiger partial charge in [-0.05, 0) is 31.0 Å². The summed E-state index contributed by atoms with van der Waals surface area (Å²) < 4.78 is 0. The first-order valence-corrected chi connectivity index (χ1v) is 4.74. The molecule has 0 amide bonds. The number of carboxylic acid groups (broad SMARTS) is 1. The first-order valence-electron chi connectivity index (χ1n) is 4.74. The Labute approximate surface area is 88.6 Å². The van der Waals surface area contributed by atoms with E-state index in [-0.39, 0.29) is 5.56 Å². The molecule has 0 aromatic heterocycles. The van der Waals surface area contributed by atoms with Crippen LogP contribution in [0.25, 0.3) is 0 Å². The third-order valence-electron chi connectivity index (χ3n) is 1.99. The van der Waals surface area contributed by atoms with Crippen molar-refractivity contribution in [2.75, 3.05) is 5.43 Å². The molecule has 0 saturated heterocycles. The highest BCUT2D eigenvalue weighted by atomic mass is 16.4. The summed E-state index contributed by atoms with van der Waals surface area (Å²) in [5, 5.41) is 14.6. The monoisotopic (exact) mass is 205 g/mol. The predicted octanol–water partition coefficient (Wildman–Crippen LogP) is 1.25. The summed E-state index contributed by atoms with van der Waals surface area (Å²) in [4.78, 5) is 10.6. The molecule has 1 aromatic carbocycles. The number of carbonyl (C=O) groups is 1. The fourth-order valence-electron chi connectivity index (χ4n) is 0.955. The number of carbonyl (C=O) groups excluding carboxylic acids is 1. The minimum atomic E-state index is -1.19. The van der Waals surface area contributed by atoms with Crippen LogP contribution in [-0.2, 0) is 0 Å². The number of anilines is 1. The number of hydrogen-bond acceptors (Lipinski definition) is 4. The molecule has 0 aliphatic heterocycles. The van der Waals surface area contributed by atoms with E-state index >= 15 is 0 Å². The Balaban J connectivity index is 2.78. The molecular weight excluding hydrogens is 192 g/mol. The molecule has 4 nitrogen and oxygen atoms in total. The summed E-state index contributed by atoms with van der Waals surface area (Å²) >= 11 is 0. The predicted molar refractivity (Wildman–Crippen MR) is 57.8 cm³/mol. The van der Waals surface area contributed by atoms with Crippen molar-refractivity contribution in [3.63, 3.8) is 0 Å². The molecule has 1 aromatic rings. The van der Waals surface area contributed by atoms with Gasteiger partial charge in [0, 0.05) is 5.71 Å². The quantitative estimate of drug-likeness (QED) is 0.594. The van der Waals surface area contributed by atoms with Crippen molar-refractivity contribution >= 4 is 17.4 Å². The van der Waals surface area contributed by atoms with Crippen molar-refractivity contribution < 1.29 is 9.90 Å². The van der Waals surface area contributed by atoms with Crippen LogP contribution in [0.2, 0.25) is 0 Å². The molecule has 1 N–H and O–H groups in total. The molecule has 80 valence electrons. The number of carboxylic acids is 1. The number of hydrogen-bond donors (Lipinski definition) is 1. The van der Waals surface area contributed by atoms with Crippen LogP contribution in [0.15, 0.2) is 29.4 Å². The third kappa shape index (κ3) is 3.42. The molecule has 4 heteroatoms. The molecule has 0 aliphatic rings. The minimum Gasteiger partial charge on any atom is -0.545 e. The lowest BCUT2D eigenvalue weighted by Gasteiger charge is -2.05. The van der Waals surface area contributed by atoms with Gasteiger partial charge in [0.15, 0.2) is 0 Å². The Morgan fingerprint density at radius 1 is 1.53 bits per heavy atom. The van der Waals surface area contributed by atoms with Crippen LogP contribution in [0.1, 0.15) is 30.6 Å². The number of rotatable bonds is 4. The van der Waals surface area contributed by atoms with Crippen molar-refractivity contribution in [3.05, 3.63) is 29.8 Å². The highest BCUT2D eigenvalue weighted by Crippen LogP contribution is 2.09. The van der Waals surface area contributed by atoms with Crippen LogP contribution < -0.4 is 10.5 Å². The van der Waals surface area contributed by atoms with E-state index in [1.165, 1.54) is 12.1 Å². The van der Waals surface area contributed by atoms with Crippen LogP contribution >= 0.6 is 0 Å². The average Bonchev–Trinajstić information content (AvgIpc) is 2.26. The van der Waals surface area contributed by atoms with Gasteiger partial charge in [0.2, 0.25) is 0 Å². The second-order valence-corrected chi connectivity index (χ2v) is 3.18. The Kier molecular flexibility index (Phi) is 3.85. The van der Waals surface area contributed by atoms with Crippen LogP contribution in [0.4, 0.5) is 5.69 Å². The molecule has 0 heterocycles. The first kappa shape index (κ1) is 11.2. The van der Waals surface area contributed by atoms with Gasteiger partial charge < -0.3 is 9.90 Å². The van der Waals surface area contributed by atoms with Gasteiger partial charge in [-0.25, -0.2) is 0 Å². The Morgan fingerprint density at radius 2 is 2.27 bits per heavy atom. The smallest absolute Gasteiger partial charge is 0.0716 e. The average molecular weight is 205 g/mol. The standard InChI is InChI=1S/C11H14N2O2/c1-3-8(2)12-13-10-6-4-5-9(7-10)11(14)15/h4-7,13H,3H2,1-2H3,(H,14,15)/p-1/b12-8-. The number of nitrogens with zero attached hydrogens (tertiary/aromatic N) is 1. The Bertz CT molecular complexity index is 386. The summed E-state index contributed by atoms with van der Waals surface area (Å²) in [5.74, 6) is -1.19. The molecule has 0 unspecified atom stereocenters. The van der Waals surface area contributed by atoms with Gasteiger partial charge in [-0.3, -0.25) is 5.43 Å². The maximum Gasteiger partial charge on any atom is 0.0716 e. The fourth-order valence-corrected chi connectivity index (χ4v) is 0.955. The summed E-state index contributed by atoms with van der Waals surface area (Å²) in [6.45, 7) is 3.90. The molecule has 0 atom stereocenters. The van der Waals surface area contributed by atoms with Crippen molar-refractivity contribution in [2.24, 2.45) is 5.10 Å². The molecule has 0 saturated carbocycles. The zero-order valence-electron chi connectivity index (χ0n) is 8.78. The van der Waals surface area contributed by atoms with E-state index in [1.807, 2.05) is 13.8 Å². The number of aromatic carboxylic acids is 1. The van der Waals surface area contributed by atoms with Crippen molar-refractivity contribution in [1.82, 2.24) is 0 Å². The first-order chi connectivity index (χ1) is 7.13. The van der Waals surface area contributed by atoms with Gasteiger partial charge >= 0.3 is 0 Å². The van der Waals surface area contributed by atoms with Gasteiger partial charge in [-0.15, -0.1) is 0 Å². The molecule has 0 aliphatic carbocycles. The second kappa shape index (κ2) is 5.14. The largest absolute Gasteiger partial charge is 0.545 e. The second-order valence-electron chi connectivity index (χ2n) is 3.18. The highest BCUT2D eigenvalue weighted by Gasteiger charge is 1.95. The van der Waals surface area contributed by atoms with Gasteiger partial charge in [-0.1, -0.05) is 19.1 Å². The van der Waals surface area contributed by atoms with Crippen molar-refractivity contribution in [3.8, 4) is 0 Å². The maximum absolute atomic E-state index is 10.6. The van der Waals surface area contributed by atoms with Gasteiger partial charge in [0.25, 0.3) is 0 Å². The Morgan fingerprint density at radius 3 is 2.87 bits per heavy atom. The van der Waals surface area contributed by atoms with E-state index in [0.29, 0.717) is 5.69 Å². The lowest BCUT2D eigenvalue weighted by molar-refractivity contribution is -0.255. The van der Waals surface area contributed by atoms with Gasteiger partial charge in [0.1, 0.15) is 0 Å². The molecule has 0 radical (unpaired) electrons. The Hall–Kier alpha value is -1.84. The van der Waals surface area contributed by atoms with E-state index < -0.39 is 5.97 Å². The molecule has 0 spiro atoms. The molecule has 15 heavy (non-hydrogen) atoms. The summed E-state index contributed by atoms with van der Waals surface area (Å²) in [5.41, 5.74) is 4.53. The van der Waals surface area contributed by atoms with Gasteiger partial charge in [-0.2, -0.15) is 5.10 Å². The summed E-state index contributed by atoms with van der Waals surface area (Å²) in [7, 11) is 0. The van der Waals surface area contributed by atoms with E-state index in [4.69, 9.17) is 0 Å². The third-order valence-corrected chi connectivity index (χ3v) is 1.99. The van der Waals surface area contributed by atoms with Crippen molar-refractivity contribution in [2.45, 2.75) is 20.3 Å². The summed E-state index contributed by atoms with van der Waals surface area (Å²) in [6, 6.07) is 6.36. The van der Waals surface area contributed by atoms with E-state index in [2.05, 4.69) is 10.5 Å². The molecule has 1 rings (SSSR count).